The number of nitriles is 1. The Hall–Kier alpha value is -4.40. The van der Waals surface area contributed by atoms with Crippen LogP contribution in [0.1, 0.15) is 72.3 Å². The highest BCUT2D eigenvalue weighted by Gasteiger charge is 2.46. The zero-order chi connectivity index (χ0) is 33.9. The summed E-state index contributed by atoms with van der Waals surface area (Å²) in [5, 5.41) is 23.6. The fourth-order valence-electron chi connectivity index (χ4n) is 6.35. The molecule has 1 aliphatic rings. The van der Waals surface area contributed by atoms with E-state index in [-0.39, 0.29) is 44.1 Å². The maximum Gasteiger partial charge on any atom is 0.303 e. The Kier molecular flexibility index (Phi) is 13.2. The lowest BCUT2D eigenvalue weighted by Crippen LogP contribution is -2.44. The first-order valence-corrected chi connectivity index (χ1v) is 15.8. The van der Waals surface area contributed by atoms with Gasteiger partial charge in [-0.15, -0.1) is 0 Å². The molecule has 0 N–H and O–H groups in total. The molecular weight excluding hydrogens is 596 g/mol. The third-order valence-electron chi connectivity index (χ3n) is 8.43. The van der Waals surface area contributed by atoms with Crippen LogP contribution in [0.3, 0.4) is 0 Å². The van der Waals surface area contributed by atoms with Crippen molar-refractivity contribution in [2.45, 2.75) is 90.4 Å². The number of rotatable bonds is 18. The molecule has 4 atom stereocenters. The van der Waals surface area contributed by atoms with Gasteiger partial charge in [-0.1, -0.05) is 38.8 Å². The highest BCUT2D eigenvalue weighted by Crippen LogP contribution is 2.54. The lowest BCUT2D eigenvalue weighted by molar-refractivity contribution is -0.536. The van der Waals surface area contributed by atoms with Crippen molar-refractivity contribution in [3.8, 4) is 40.6 Å². The van der Waals surface area contributed by atoms with Crippen molar-refractivity contribution in [3.63, 3.8) is 0 Å². The second-order valence-corrected chi connectivity index (χ2v) is 11.1. The molecule has 0 spiro atoms. The number of hydrogen-bond acceptors (Lipinski definition) is 11. The molecule has 2 aromatic rings. The topological polar surface area (TPSA) is 149 Å². The molecule has 0 fully saturated rings. The Morgan fingerprint density at radius 3 is 2.26 bits per heavy atom. The highest BCUT2D eigenvalue weighted by atomic mass is 16.6. The van der Waals surface area contributed by atoms with Gasteiger partial charge < -0.3 is 33.2 Å². The number of carbonyl (C=O) groups excluding carboxylic acids is 1. The molecule has 0 radical (unpaired) electrons. The molecule has 0 saturated carbocycles. The van der Waals surface area contributed by atoms with Gasteiger partial charge in [0.05, 0.1) is 45.3 Å². The Morgan fingerprint density at radius 1 is 1.07 bits per heavy atom. The standard InChI is InChI=1S/C34H46N2O10/c1-8-23(9-2)34(21-35,25-19-30(42-10-3)32(40-6)33(41-7)31(25)43-11-4)17-16-27(45-22(5)37)26(36(38)39)18-24-20-44-28-14-12-13-15-29(28)46-24/h12-15,19,23-24,26-27H,8-11,16-18,20H2,1-7H3. The lowest BCUT2D eigenvalue weighted by atomic mass is 9.65. The fraction of sp³-hybridized carbons (Fsp3) is 0.588. The molecule has 0 bridgehead atoms. The summed E-state index contributed by atoms with van der Waals surface area (Å²) in [5.74, 6) is 1.50. The molecule has 0 amide bonds. The molecule has 1 aliphatic heterocycles. The van der Waals surface area contributed by atoms with Gasteiger partial charge in [0, 0.05) is 17.4 Å². The second kappa shape index (κ2) is 16.8. The van der Waals surface area contributed by atoms with Crippen LogP contribution in [-0.2, 0) is 14.9 Å². The summed E-state index contributed by atoms with van der Waals surface area (Å²) in [5.41, 5.74) is -0.714. The molecule has 2 aromatic carbocycles. The number of benzene rings is 2. The van der Waals surface area contributed by atoms with Crippen molar-refractivity contribution in [2.75, 3.05) is 34.0 Å². The smallest absolute Gasteiger partial charge is 0.303 e. The van der Waals surface area contributed by atoms with Gasteiger partial charge in [0.2, 0.25) is 11.5 Å². The Morgan fingerprint density at radius 2 is 1.72 bits per heavy atom. The number of para-hydroxylation sites is 2. The molecular formula is C34H46N2O10. The van der Waals surface area contributed by atoms with E-state index >= 15 is 0 Å². The van der Waals surface area contributed by atoms with Crippen LogP contribution in [0.25, 0.3) is 0 Å². The largest absolute Gasteiger partial charge is 0.490 e. The van der Waals surface area contributed by atoms with Crippen molar-refractivity contribution in [2.24, 2.45) is 5.92 Å². The molecule has 12 nitrogen and oxygen atoms in total. The van der Waals surface area contributed by atoms with E-state index in [0.29, 0.717) is 53.8 Å². The van der Waals surface area contributed by atoms with Gasteiger partial charge in [-0.2, -0.15) is 5.26 Å². The van der Waals surface area contributed by atoms with Crippen LogP contribution >= 0.6 is 0 Å². The average molecular weight is 643 g/mol. The second-order valence-electron chi connectivity index (χ2n) is 11.1. The quantitative estimate of drug-likeness (QED) is 0.103. The predicted molar refractivity (Wildman–Crippen MR) is 170 cm³/mol. The van der Waals surface area contributed by atoms with Crippen molar-refractivity contribution < 1.29 is 42.9 Å². The number of hydrogen-bond donors (Lipinski definition) is 0. The van der Waals surface area contributed by atoms with E-state index in [9.17, 15) is 20.2 Å². The summed E-state index contributed by atoms with van der Waals surface area (Å²) < 4.78 is 40.9. The predicted octanol–water partition coefficient (Wildman–Crippen LogP) is 6.29. The van der Waals surface area contributed by atoms with Crippen molar-refractivity contribution in [1.82, 2.24) is 0 Å². The van der Waals surface area contributed by atoms with Crippen LogP contribution in [0.15, 0.2) is 30.3 Å². The minimum atomic E-state index is -1.32. The molecule has 12 heteroatoms. The number of nitro groups is 1. The first-order chi connectivity index (χ1) is 22.1. The molecule has 4 unspecified atom stereocenters. The average Bonchev–Trinajstić information content (AvgIpc) is 3.05. The zero-order valence-corrected chi connectivity index (χ0v) is 27.8. The molecule has 3 rings (SSSR count). The minimum absolute atomic E-state index is 0.0172. The van der Waals surface area contributed by atoms with Gasteiger partial charge in [-0.3, -0.25) is 14.9 Å². The zero-order valence-electron chi connectivity index (χ0n) is 27.8. The van der Waals surface area contributed by atoms with Crippen LogP contribution in [0.5, 0.6) is 34.5 Å². The number of esters is 1. The third kappa shape index (κ3) is 7.87. The summed E-state index contributed by atoms with van der Waals surface area (Å²) in [6, 6.07) is 10.1. The van der Waals surface area contributed by atoms with Crippen molar-refractivity contribution in [3.05, 3.63) is 46.0 Å². The van der Waals surface area contributed by atoms with Crippen LogP contribution in [-0.4, -0.2) is 63.2 Å². The fourth-order valence-corrected chi connectivity index (χ4v) is 6.35. The van der Waals surface area contributed by atoms with E-state index < -0.39 is 34.6 Å². The number of fused-ring (bicyclic) bond motifs is 1. The molecule has 1 heterocycles. The van der Waals surface area contributed by atoms with Crippen molar-refractivity contribution in [1.29, 1.82) is 5.26 Å². The molecule has 252 valence electrons. The SMILES string of the molecule is CCOc1cc(C(C#N)(CCC(OC(C)=O)C(CC2COc3ccccc3O2)[N+](=O)[O-])C(CC)CC)c(OCC)c(OC)c1OC. The Balaban J connectivity index is 2.10. The summed E-state index contributed by atoms with van der Waals surface area (Å²) in [4.78, 5) is 24.4. The monoisotopic (exact) mass is 642 g/mol. The Bertz CT molecular complexity index is 1370. The first kappa shape index (κ1) is 36.1. The maximum atomic E-state index is 12.5. The van der Waals surface area contributed by atoms with Gasteiger partial charge in [0.25, 0.3) is 6.04 Å². The van der Waals surface area contributed by atoms with E-state index in [4.69, 9.17) is 33.2 Å². The van der Waals surface area contributed by atoms with E-state index in [0.717, 1.165) is 0 Å². The van der Waals surface area contributed by atoms with Gasteiger partial charge in [0.15, 0.2) is 29.1 Å². The summed E-state index contributed by atoms with van der Waals surface area (Å²) in [6.07, 6.45) is -0.494. The molecule has 0 aliphatic carbocycles. The molecule has 46 heavy (non-hydrogen) atoms. The van der Waals surface area contributed by atoms with Gasteiger partial charge in [0.1, 0.15) is 12.7 Å². The molecule has 0 aromatic heterocycles. The summed E-state index contributed by atoms with van der Waals surface area (Å²) in [6.45, 7) is 9.57. The van der Waals surface area contributed by atoms with Crippen LogP contribution in [0, 0.1) is 27.4 Å². The van der Waals surface area contributed by atoms with E-state index in [1.165, 1.54) is 21.1 Å². The maximum absolute atomic E-state index is 12.5. The van der Waals surface area contributed by atoms with Crippen LogP contribution in [0.4, 0.5) is 0 Å². The first-order valence-electron chi connectivity index (χ1n) is 15.8. The van der Waals surface area contributed by atoms with Crippen LogP contribution in [0.2, 0.25) is 0 Å². The van der Waals surface area contributed by atoms with E-state index in [1.807, 2.05) is 33.8 Å². The van der Waals surface area contributed by atoms with Gasteiger partial charge in [-0.05, 0) is 50.8 Å². The molecule has 0 saturated heterocycles. The number of nitrogens with zero attached hydrogens (tertiary/aromatic N) is 2. The number of carbonyl (C=O) groups is 1. The van der Waals surface area contributed by atoms with E-state index in [1.54, 1.807) is 24.3 Å². The van der Waals surface area contributed by atoms with Gasteiger partial charge >= 0.3 is 5.97 Å². The number of methoxy groups -OCH3 is 2. The normalized spacial score (nSPS) is 16.4. The minimum Gasteiger partial charge on any atom is -0.490 e. The highest BCUT2D eigenvalue weighted by molar-refractivity contribution is 5.67. The number of ether oxygens (including phenoxy) is 7. The van der Waals surface area contributed by atoms with Crippen molar-refractivity contribution >= 4 is 5.97 Å². The van der Waals surface area contributed by atoms with Gasteiger partial charge in [-0.25, -0.2) is 0 Å². The lowest BCUT2D eigenvalue weighted by Gasteiger charge is -2.38. The van der Waals surface area contributed by atoms with E-state index in [2.05, 4.69) is 6.07 Å². The Labute approximate surface area is 271 Å². The summed E-state index contributed by atoms with van der Waals surface area (Å²) >= 11 is 0. The third-order valence-corrected chi connectivity index (χ3v) is 8.43. The summed E-state index contributed by atoms with van der Waals surface area (Å²) in [7, 11) is 2.98. The van der Waals surface area contributed by atoms with Crippen LogP contribution < -0.4 is 28.4 Å².